The molecule has 0 saturated carbocycles. The molecule has 3 rings (SSSR count). The SMILES string of the molecule is CCc1ccc([C@H](C)NC(=O)CN2CCN(S(=O)(=O)c3ccc([C@H](C)CC)cc3)CC2)cc1. The molecule has 1 aliphatic heterocycles. The van der Waals surface area contributed by atoms with Crippen LogP contribution in [0.15, 0.2) is 53.4 Å². The third-order valence-corrected chi connectivity index (χ3v) is 8.58. The molecule has 2 aromatic rings. The predicted molar refractivity (Wildman–Crippen MR) is 133 cm³/mol. The Morgan fingerprint density at radius 1 is 0.909 bits per heavy atom. The summed E-state index contributed by atoms with van der Waals surface area (Å²) in [6, 6.07) is 15.5. The molecular weight excluding hydrogens is 434 g/mol. The van der Waals surface area contributed by atoms with Crippen molar-refractivity contribution in [3.63, 3.8) is 0 Å². The number of rotatable bonds is 9. The predicted octanol–water partition coefficient (Wildman–Crippen LogP) is 3.95. The van der Waals surface area contributed by atoms with Crippen molar-refractivity contribution in [2.24, 2.45) is 0 Å². The number of amides is 1. The molecule has 1 aliphatic rings. The summed E-state index contributed by atoms with van der Waals surface area (Å²) < 4.78 is 27.6. The van der Waals surface area contributed by atoms with Crippen LogP contribution in [0.2, 0.25) is 0 Å². The average molecular weight is 472 g/mol. The number of piperazine rings is 1. The van der Waals surface area contributed by atoms with Gasteiger partial charge in [-0.05, 0) is 54.5 Å². The van der Waals surface area contributed by atoms with E-state index >= 15 is 0 Å². The fraction of sp³-hybridized carbons (Fsp3) is 0.500. The van der Waals surface area contributed by atoms with Gasteiger partial charge < -0.3 is 5.32 Å². The number of nitrogens with zero attached hydrogens (tertiary/aromatic N) is 2. The quantitative estimate of drug-likeness (QED) is 0.601. The number of hydrogen-bond acceptors (Lipinski definition) is 4. The lowest BCUT2D eigenvalue weighted by Gasteiger charge is -2.33. The number of benzene rings is 2. The van der Waals surface area contributed by atoms with Crippen LogP contribution in [-0.4, -0.2) is 56.3 Å². The minimum absolute atomic E-state index is 0.0426. The minimum Gasteiger partial charge on any atom is -0.348 e. The first-order chi connectivity index (χ1) is 15.7. The standard InChI is InChI=1S/C26H37N3O3S/c1-5-20(3)23-11-13-25(14-12-23)33(31,32)29-17-15-28(16-18-29)19-26(30)27-21(4)24-9-7-22(6-2)8-10-24/h7-14,20-21H,5-6,15-19H2,1-4H3,(H,27,30)/t20-,21+/m1/s1. The maximum absolute atomic E-state index is 13.0. The molecule has 1 amide bonds. The van der Waals surface area contributed by atoms with E-state index in [0.717, 1.165) is 24.0 Å². The molecule has 2 atom stereocenters. The summed E-state index contributed by atoms with van der Waals surface area (Å²) in [5, 5.41) is 3.05. The molecule has 33 heavy (non-hydrogen) atoms. The molecule has 2 aromatic carbocycles. The first kappa shape index (κ1) is 25.4. The van der Waals surface area contributed by atoms with Gasteiger partial charge in [-0.1, -0.05) is 57.2 Å². The zero-order chi connectivity index (χ0) is 24.0. The number of sulfonamides is 1. The molecule has 0 radical (unpaired) electrons. The largest absolute Gasteiger partial charge is 0.348 e. The van der Waals surface area contributed by atoms with E-state index in [2.05, 4.69) is 50.4 Å². The summed E-state index contributed by atoms with van der Waals surface area (Å²) in [5.41, 5.74) is 3.51. The number of aryl methyl sites for hydroxylation is 1. The first-order valence-electron chi connectivity index (χ1n) is 11.9. The zero-order valence-electron chi connectivity index (χ0n) is 20.3. The zero-order valence-corrected chi connectivity index (χ0v) is 21.1. The van der Waals surface area contributed by atoms with E-state index in [-0.39, 0.29) is 18.5 Å². The third-order valence-electron chi connectivity index (χ3n) is 6.66. The molecule has 1 saturated heterocycles. The Balaban J connectivity index is 1.50. The molecule has 0 unspecified atom stereocenters. The van der Waals surface area contributed by atoms with E-state index in [1.54, 1.807) is 12.1 Å². The number of carbonyl (C=O) groups excluding carboxylic acids is 1. The van der Waals surface area contributed by atoms with Crippen molar-refractivity contribution in [1.82, 2.24) is 14.5 Å². The molecule has 1 heterocycles. The maximum Gasteiger partial charge on any atom is 0.243 e. The lowest BCUT2D eigenvalue weighted by Crippen LogP contribution is -2.51. The number of hydrogen-bond donors (Lipinski definition) is 1. The lowest BCUT2D eigenvalue weighted by atomic mass is 9.99. The molecule has 1 fully saturated rings. The van der Waals surface area contributed by atoms with E-state index in [0.29, 0.717) is 37.0 Å². The summed E-state index contributed by atoms with van der Waals surface area (Å²) in [7, 11) is -3.52. The minimum atomic E-state index is -3.52. The van der Waals surface area contributed by atoms with Gasteiger partial charge in [0.25, 0.3) is 0 Å². The van der Waals surface area contributed by atoms with Crippen LogP contribution < -0.4 is 5.32 Å². The summed E-state index contributed by atoms with van der Waals surface area (Å²) in [4.78, 5) is 14.9. The maximum atomic E-state index is 13.0. The molecule has 6 nitrogen and oxygen atoms in total. The summed E-state index contributed by atoms with van der Waals surface area (Å²) in [6.07, 6.45) is 2.01. The van der Waals surface area contributed by atoms with Crippen molar-refractivity contribution in [3.05, 3.63) is 65.2 Å². The number of nitrogens with one attached hydrogen (secondary N) is 1. The van der Waals surface area contributed by atoms with Crippen LogP contribution in [0.1, 0.15) is 62.8 Å². The second-order valence-electron chi connectivity index (χ2n) is 8.94. The van der Waals surface area contributed by atoms with Gasteiger partial charge in [0.1, 0.15) is 0 Å². The van der Waals surface area contributed by atoms with Gasteiger partial charge in [0.2, 0.25) is 15.9 Å². The average Bonchev–Trinajstić information content (AvgIpc) is 2.83. The van der Waals surface area contributed by atoms with E-state index < -0.39 is 10.0 Å². The molecule has 180 valence electrons. The Morgan fingerprint density at radius 2 is 1.48 bits per heavy atom. The summed E-state index contributed by atoms with van der Waals surface area (Å²) in [6.45, 7) is 10.5. The van der Waals surface area contributed by atoms with Gasteiger partial charge in [-0.25, -0.2) is 8.42 Å². The fourth-order valence-electron chi connectivity index (χ4n) is 4.10. The number of carbonyl (C=O) groups is 1. The summed E-state index contributed by atoms with van der Waals surface area (Å²) >= 11 is 0. The molecule has 0 spiro atoms. The molecule has 0 bridgehead atoms. The molecule has 1 N–H and O–H groups in total. The highest BCUT2D eigenvalue weighted by Gasteiger charge is 2.29. The van der Waals surface area contributed by atoms with Gasteiger partial charge in [-0.3, -0.25) is 9.69 Å². The van der Waals surface area contributed by atoms with Crippen molar-refractivity contribution in [2.75, 3.05) is 32.7 Å². The highest BCUT2D eigenvalue weighted by molar-refractivity contribution is 7.89. The highest BCUT2D eigenvalue weighted by atomic mass is 32.2. The summed E-state index contributed by atoms with van der Waals surface area (Å²) in [5.74, 6) is 0.369. The van der Waals surface area contributed by atoms with Gasteiger partial charge in [0.05, 0.1) is 17.5 Å². The van der Waals surface area contributed by atoms with E-state index in [4.69, 9.17) is 0 Å². The lowest BCUT2D eigenvalue weighted by molar-refractivity contribution is -0.123. The first-order valence-corrected chi connectivity index (χ1v) is 13.4. The second-order valence-corrected chi connectivity index (χ2v) is 10.9. The fourth-order valence-corrected chi connectivity index (χ4v) is 5.52. The Kier molecular flexibility index (Phi) is 8.68. The van der Waals surface area contributed by atoms with Gasteiger partial charge in [-0.2, -0.15) is 4.31 Å². The second kappa shape index (κ2) is 11.3. The van der Waals surface area contributed by atoms with Crippen molar-refractivity contribution in [3.8, 4) is 0 Å². The van der Waals surface area contributed by atoms with Gasteiger partial charge in [-0.15, -0.1) is 0 Å². The van der Waals surface area contributed by atoms with Crippen LogP contribution in [0.5, 0.6) is 0 Å². The normalized spacial score (nSPS) is 17.5. The Morgan fingerprint density at radius 3 is 2.03 bits per heavy atom. The van der Waals surface area contributed by atoms with Crippen LogP contribution in [0.4, 0.5) is 0 Å². The van der Waals surface area contributed by atoms with Crippen molar-refractivity contribution >= 4 is 15.9 Å². The Bertz CT molecular complexity index is 1010. The van der Waals surface area contributed by atoms with Crippen molar-refractivity contribution in [2.45, 2.75) is 57.4 Å². The van der Waals surface area contributed by atoms with E-state index in [1.807, 2.05) is 24.0 Å². The van der Waals surface area contributed by atoms with E-state index in [9.17, 15) is 13.2 Å². The van der Waals surface area contributed by atoms with Crippen LogP contribution in [0.3, 0.4) is 0 Å². The third kappa shape index (κ3) is 6.43. The van der Waals surface area contributed by atoms with Crippen molar-refractivity contribution in [1.29, 1.82) is 0 Å². The molecular formula is C26H37N3O3S. The van der Waals surface area contributed by atoms with Crippen molar-refractivity contribution < 1.29 is 13.2 Å². The topological polar surface area (TPSA) is 69.7 Å². The van der Waals surface area contributed by atoms with Gasteiger partial charge in [0, 0.05) is 26.2 Å². The highest BCUT2D eigenvalue weighted by Crippen LogP contribution is 2.23. The Hall–Kier alpha value is -2.22. The van der Waals surface area contributed by atoms with Gasteiger partial charge >= 0.3 is 0 Å². The van der Waals surface area contributed by atoms with E-state index in [1.165, 1.54) is 9.87 Å². The monoisotopic (exact) mass is 471 g/mol. The molecule has 7 heteroatoms. The van der Waals surface area contributed by atoms with Gasteiger partial charge in [0.15, 0.2) is 0 Å². The molecule has 0 aliphatic carbocycles. The van der Waals surface area contributed by atoms with Crippen LogP contribution in [0, 0.1) is 0 Å². The smallest absolute Gasteiger partial charge is 0.243 e. The van der Waals surface area contributed by atoms with Crippen LogP contribution in [0.25, 0.3) is 0 Å². The molecule has 0 aromatic heterocycles. The Labute approximate surface area is 199 Å². The van der Waals surface area contributed by atoms with Crippen LogP contribution >= 0.6 is 0 Å². The van der Waals surface area contributed by atoms with Crippen LogP contribution in [-0.2, 0) is 21.2 Å².